The standard InChI is InChI=1S/C14H28N2O3/c17-13-3-1-5-15(11-13)7-9-19-10-8-16-6-2-4-14(18)12-16/h13-14,17-18H,1-12H2. The third-order valence-corrected chi connectivity index (χ3v) is 4.06. The third-order valence-electron chi connectivity index (χ3n) is 4.06. The van der Waals surface area contributed by atoms with Gasteiger partial charge in [0.15, 0.2) is 0 Å². The molecule has 2 saturated heterocycles. The van der Waals surface area contributed by atoms with Crippen molar-refractivity contribution < 1.29 is 14.9 Å². The van der Waals surface area contributed by atoms with Gasteiger partial charge >= 0.3 is 0 Å². The van der Waals surface area contributed by atoms with Crippen molar-refractivity contribution in [2.75, 3.05) is 52.5 Å². The number of hydrogen-bond donors (Lipinski definition) is 2. The van der Waals surface area contributed by atoms with Crippen LogP contribution in [0.15, 0.2) is 0 Å². The predicted octanol–water partition coefficient (Wildman–Crippen LogP) is -0.0836. The highest BCUT2D eigenvalue weighted by Crippen LogP contribution is 2.10. The Balaban J connectivity index is 1.47. The molecule has 0 aromatic carbocycles. The summed E-state index contributed by atoms with van der Waals surface area (Å²) < 4.78 is 5.66. The van der Waals surface area contributed by atoms with Crippen LogP contribution in [0.5, 0.6) is 0 Å². The van der Waals surface area contributed by atoms with Crippen molar-refractivity contribution in [2.24, 2.45) is 0 Å². The second-order valence-corrected chi connectivity index (χ2v) is 5.81. The van der Waals surface area contributed by atoms with Crippen LogP contribution in [-0.4, -0.2) is 84.7 Å². The summed E-state index contributed by atoms with van der Waals surface area (Å²) in [6.07, 6.45) is 3.76. The summed E-state index contributed by atoms with van der Waals surface area (Å²) in [5.74, 6) is 0. The quantitative estimate of drug-likeness (QED) is 0.662. The first-order valence-electron chi connectivity index (χ1n) is 7.62. The minimum atomic E-state index is -0.149. The molecule has 2 heterocycles. The highest BCUT2D eigenvalue weighted by atomic mass is 16.5. The zero-order chi connectivity index (χ0) is 13.5. The van der Waals surface area contributed by atoms with Crippen molar-refractivity contribution in [1.29, 1.82) is 0 Å². The molecular formula is C14H28N2O3. The van der Waals surface area contributed by atoms with E-state index in [1.807, 2.05) is 0 Å². The molecule has 2 N–H and O–H groups in total. The second kappa shape index (κ2) is 8.17. The topological polar surface area (TPSA) is 56.2 Å². The lowest BCUT2D eigenvalue weighted by atomic mass is 10.1. The molecule has 0 amide bonds. The average Bonchev–Trinajstić information content (AvgIpc) is 2.38. The van der Waals surface area contributed by atoms with Gasteiger partial charge in [-0.1, -0.05) is 0 Å². The summed E-state index contributed by atoms with van der Waals surface area (Å²) in [4.78, 5) is 4.55. The molecule has 0 saturated carbocycles. The van der Waals surface area contributed by atoms with Crippen LogP contribution in [0.1, 0.15) is 25.7 Å². The van der Waals surface area contributed by atoms with Gasteiger partial charge in [-0.2, -0.15) is 0 Å². The molecule has 2 aliphatic rings. The van der Waals surface area contributed by atoms with E-state index in [1.54, 1.807) is 0 Å². The lowest BCUT2D eigenvalue weighted by Crippen LogP contribution is -2.41. The maximum atomic E-state index is 9.56. The van der Waals surface area contributed by atoms with E-state index in [0.29, 0.717) is 0 Å². The van der Waals surface area contributed by atoms with Gasteiger partial charge in [0, 0.05) is 26.2 Å². The lowest BCUT2D eigenvalue weighted by Gasteiger charge is -2.31. The van der Waals surface area contributed by atoms with Gasteiger partial charge < -0.3 is 14.9 Å². The van der Waals surface area contributed by atoms with E-state index in [1.165, 1.54) is 0 Å². The van der Waals surface area contributed by atoms with Crippen LogP contribution >= 0.6 is 0 Å². The van der Waals surface area contributed by atoms with Crippen LogP contribution in [0.3, 0.4) is 0 Å². The smallest absolute Gasteiger partial charge is 0.0667 e. The summed E-state index contributed by atoms with van der Waals surface area (Å²) in [5, 5.41) is 19.1. The van der Waals surface area contributed by atoms with Gasteiger partial charge in [0.25, 0.3) is 0 Å². The summed E-state index contributed by atoms with van der Waals surface area (Å²) in [6.45, 7) is 7.06. The summed E-state index contributed by atoms with van der Waals surface area (Å²) >= 11 is 0. The van der Waals surface area contributed by atoms with Crippen LogP contribution in [0.4, 0.5) is 0 Å². The molecule has 0 bridgehead atoms. The van der Waals surface area contributed by atoms with Gasteiger partial charge in [-0.15, -0.1) is 0 Å². The molecule has 0 aromatic rings. The summed E-state index contributed by atoms with van der Waals surface area (Å²) in [6, 6.07) is 0. The molecular weight excluding hydrogens is 244 g/mol. The summed E-state index contributed by atoms with van der Waals surface area (Å²) in [7, 11) is 0. The predicted molar refractivity (Wildman–Crippen MR) is 74.2 cm³/mol. The van der Waals surface area contributed by atoms with Gasteiger partial charge in [-0.3, -0.25) is 9.80 Å². The fraction of sp³-hybridized carbons (Fsp3) is 1.00. The molecule has 2 unspecified atom stereocenters. The Hall–Kier alpha value is -0.200. The summed E-state index contributed by atoms with van der Waals surface area (Å²) in [5.41, 5.74) is 0. The number of nitrogens with zero attached hydrogens (tertiary/aromatic N) is 2. The molecule has 19 heavy (non-hydrogen) atoms. The molecule has 5 heteroatoms. The number of hydrogen-bond acceptors (Lipinski definition) is 5. The van der Waals surface area contributed by atoms with Crippen molar-refractivity contribution >= 4 is 0 Å². The molecule has 0 radical (unpaired) electrons. The zero-order valence-corrected chi connectivity index (χ0v) is 11.8. The molecule has 0 spiro atoms. The van der Waals surface area contributed by atoms with E-state index >= 15 is 0 Å². The van der Waals surface area contributed by atoms with Crippen LogP contribution in [-0.2, 0) is 4.74 Å². The van der Waals surface area contributed by atoms with Crippen molar-refractivity contribution in [1.82, 2.24) is 9.80 Å². The molecule has 2 atom stereocenters. The SMILES string of the molecule is OC1CCCN(CCOCCN2CCCC(O)C2)C1. The largest absolute Gasteiger partial charge is 0.392 e. The van der Waals surface area contributed by atoms with Crippen molar-refractivity contribution in [3.8, 4) is 0 Å². The van der Waals surface area contributed by atoms with Gasteiger partial charge in [0.05, 0.1) is 25.4 Å². The van der Waals surface area contributed by atoms with Gasteiger partial charge in [-0.25, -0.2) is 0 Å². The molecule has 2 rings (SSSR count). The Morgan fingerprint density at radius 2 is 1.32 bits per heavy atom. The third kappa shape index (κ3) is 5.75. The minimum Gasteiger partial charge on any atom is -0.392 e. The molecule has 112 valence electrons. The van der Waals surface area contributed by atoms with Crippen molar-refractivity contribution in [3.05, 3.63) is 0 Å². The van der Waals surface area contributed by atoms with Crippen LogP contribution in [0.25, 0.3) is 0 Å². The van der Waals surface area contributed by atoms with E-state index in [9.17, 15) is 10.2 Å². The number of ether oxygens (including phenoxy) is 1. The van der Waals surface area contributed by atoms with Gasteiger partial charge in [0.2, 0.25) is 0 Å². The fourth-order valence-corrected chi connectivity index (χ4v) is 2.96. The second-order valence-electron chi connectivity index (χ2n) is 5.81. The number of aliphatic hydroxyl groups excluding tert-OH is 2. The number of aliphatic hydroxyl groups is 2. The average molecular weight is 272 g/mol. The van der Waals surface area contributed by atoms with E-state index in [0.717, 1.165) is 78.2 Å². The van der Waals surface area contributed by atoms with Gasteiger partial charge in [-0.05, 0) is 38.8 Å². The van der Waals surface area contributed by atoms with Crippen LogP contribution in [0.2, 0.25) is 0 Å². The normalized spacial score (nSPS) is 30.6. The fourth-order valence-electron chi connectivity index (χ4n) is 2.96. The van der Waals surface area contributed by atoms with Gasteiger partial charge in [0.1, 0.15) is 0 Å². The molecule has 5 nitrogen and oxygen atoms in total. The highest BCUT2D eigenvalue weighted by molar-refractivity contribution is 4.72. The lowest BCUT2D eigenvalue weighted by molar-refractivity contribution is 0.0269. The monoisotopic (exact) mass is 272 g/mol. The van der Waals surface area contributed by atoms with Crippen molar-refractivity contribution in [2.45, 2.75) is 37.9 Å². The zero-order valence-electron chi connectivity index (χ0n) is 11.8. The first kappa shape index (κ1) is 15.2. The molecule has 0 aliphatic carbocycles. The molecule has 2 fully saturated rings. The Bertz CT molecular complexity index is 229. The number of β-amino-alcohol motifs (C(OH)–C–C–N with tert-alkyl or cyclic N) is 2. The maximum absolute atomic E-state index is 9.56. The molecule has 2 aliphatic heterocycles. The number of likely N-dealkylation sites (tertiary alicyclic amines) is 2. The van der Waals surface area contributed by atoms with E-state index in [-0.39, 0.29) is 12.2 Å². The van der Waals surface area contributed by atoms with Crippen LogP contribution in [0, 0.1) is 0 Å². The van der Waals surface area contributed by atoms with E-state index in [2.05, 4.69) is 9.80 Å². The first-order chi connectivity index (χ1) is 9.24. The van der Waals surface area contributed by atoms with E-state index < -0.39 is 0 Å². The Kier molecular flexibility index (Phi) is 6.53. The Morgan fingerprint density at radius 1 is 0.842 bits per heavy atom. The number of piperidine rings is 2. The Morgan fingerprint density at radius 3 is 1.74 bits per heavy atom. The van der Waals surface area contributed by atoms with E-state index in [4.69, 9.17) is 4.74 Å². The minimum absolute atomic E-state index is 0.149. The number of rotatable bonds is 6. The highest BCUT2D eigenvalue weighted by Gasteiger charge is 2.18. The van der Waals surface area contributed by atoms with Crippen LogP contribution < -0.4 is 0 Å². The Labute approximate surface area is 116 Å². The van der Waals surface area contributed by atoms with Crippen molar-refractivity contribution in [3.63, 3.8) is 0 Å². The molecule has 0 aromatic heterocycles. The first-order valence-corrected chi connectivity index (χ1v) is 7.62. The maximum Gasteiger partial charge on any atom is 0.0667 e.